The van der Waals surface area contributed by atoms with Crippen LogP contribution in [-0.4, -0.2) is 40.8 Å². The Kier molecular flexibility index (Phi) is 8.49. The van der Waals surface area contributed by atoms with E-state index < -0.39 is 17.9 Å². The summed E-state index contributed by atoms with van der Waals surface area (Å²) in [7, 11) is 0. The van der Waals surface area contributed by atoms with E-state index in [-0.39, 0.29) is 29.0 Å². The summed E-state index contributed by atoms with van der Waals surface area (Å²) in [5, 5.41) is 26.0. The second-order valence-corrected chi connectivity index (χ2v) is 11.5. The van der Waals surface area contributed by atoms with Crippen LogP contribution in [0.3, 0.4) is 0 Å². The first-order chi connectivity index (χ1) is 17.2. The molecule has 0 bridgehead atoms. The van der Waals surface area contributed by atoms with Gasteiger partial charge in [0.1, 0.15) is 11.5 Å². The Balaban J connectivity index is 1.69. The number of anilines is 1. The smallest absolute Gasteiger partial charge is 0.335 e. The van der Waals surface area contributed by atoms with E-state index in [0.29, 0.717) is 17.9 Å². The van der Waals surface area contributed by atoms with Crippen molar-refractivity contribution in [3.63, 3.8) is 0 Å². The molecule has 0 fully saturated rings. The van der Waals surface area contributed by atoms with Crippen molar-refractivity contribution in [2.45, 2.75) is 52.5 Å². The molecule has 4 N–H and O–H groups in total. The number of ether oxygens (including phenoxy) is 1. The highest BCUT2D eigenvalue weighted by Crippen LogP contribution is 2.30. The highest BCUT2D eigenvalue weighted by Gasteiger charge is 2.32. The number of carboxylic acids is 2. The number of benzene rings is 2. The minimum atomic E-state index is -1.14. The predicted octanol–water partition coefficient (Wildman–Crippen LogP) is 5.84. The lowest BCUT2D eigenvalue weighted by Gasteiger charge is -2.29. The van der Waals surface area contributed by atoms with Crippen LogP contribution >= 0.6 is 0 Å². The first-order valence-electron chi connectivity index (χ1n) is 12.5. The van der Waals surface area contributed by atoms with Gasteiger partial charge in [-0.15, -0.1) is 0 Å². The molecule has 1 aliphatic carbocycles. The van der Waals surface area contributed by atoms with Crippen LogP contribution in [0.4, 0.5) is 5.69 Å². The maximum atomic E-state index is 11.9. The van der Waals surface area contributed by atoms with Crippen molar-refractivity contribution in [2.75, 3.05) is 18.4 Å². The molecule has 0 saturated heterocycles. The first kappa shape index (κ1) is 28.0. The normalized spacial score (nSPS) is 18.0. The van der Waals surface area contributed by atoms with Crippen molar-refractivity contribution >= 4 is 17.6 Å². The van der Waals surface area contributed by atoms with Crippen LogP contribution in [0.1, 0.15) is 47.1 Å². The van der Waals surface area contributed by atoms with Gasteiger partial charge in [0, 0.05) is 30.2 Å². The summed E-state index contributed by atoms with van der Waals surface area (Å²) in [5.74, 6) is -2.00. The molecule has 37 heavy (non-hydrogen) atoms. The topological polar surface area (TPSA) is 108 Å². The van der Waals surface area contributed by atoms with E-state index in [2.05, 4.69) is 43.5 Å². The zero-order valence-corrected chi connectivity index (χ0v) is 22.5. The van der Waals surface area contributed by atoms with Crippen LogP contribution in [0.5, 0.6) is 11.5 Å². The van der Waals surface area contributed by atoms with Gasteiger partial charge in [-0.1, -0.05) is 45.1 Å². The molecule has 0 heterocycles. The Morgan fingerprint density at radius 3 is 1.92 bits per heavy atom. The number of nitrogens with one attached hydrogen (secondary N) is 2. The van der Waals surface area contributed by atoms with E-state index in [1.807, 2.05) is 57.2 Å². The summed E-state index contributed by atoms with van der Waals surface area (Å²) in [5.41, 5.74) is 2.50. The molecule has 2 unspecified atom stereocenters. The zero-order valence-electron chi connectivity index (χ0n) is 22.5. The molecule has 0 amide bonds. The lowest BCUT2D eigenvalue weighted by Crippen LogP contribution is -2.42. The van der Waals surface area contributed by atoms with Gasteiger partial charge in [0.05, 0.1) is 11.5 Å². The SMILES string of the molecule is CC(C)(C)NCC1C=C(CNc2ccc(Oc3ccc(C(C)(C)C)cc3)cc2)C(C(=O)O)=CC1C(=O)O. The third kappa shape index (κ3) is 7.95. The molecule has 1 aliphatic rings. The number of aliphatic carboxylic acids is 2. The molecule has 3 rings (SSSR count). The minimum absolute atomic E-state index is 0.0190. The lowest BCUT2D eigenvalue weighted by molar-refractivity contribution is -0.141. The Labute approximate surface area is 219 Å². The molecule has 2 aromatic carbocycles. The quantitative estimate of drug-likeness (QED) is 0.338. The maximum absolute atomic E-state index is 11.9. The average molecular weight is 507 g/mol. The van der Waals surface area contributed by atoms with Crippen molar-refractivity contribution in [3.8, 4) is 11.5 Å². The standard InChI is InChI=1S/C30H38N2O5/c1-29(2,3)21-7-11-23(12-8-21)37-24-13-9-22(10-14-24)31-17-19-15-20(18-32-30(4,5)6)26(28(35)36)16-25(19)27(33)34/h7-16,20,26,31-32H,17-18H2,1-6H3,(H,33,34)(H,35,36). The molecule has 0 saturated carbocycles. The predicted molar refractivity (Wildman–Crippen MR) is 146 cm³/mol. The Hall–Kier alpha value is -3.58. The van der Waals surface area contributed by atoms with Crippen LogP contribution in [0, 0.1) is 11.8 Å². The van der Waals surface area contributed by atoms with Crippen LogP contribution in [0.25, 0.3) is 0 Å². The Bertz CT molecular complexity index is 1170. The largest absolute Gasteiger partial charge is 0.481 e. The Morgan fingerprint density at radius 1 is 0.865 bits per heavy atom. The van der Waals surface area contributed by atoms with Gasteiger partial charge in [0.15, 0.2) is 0 Å². The molecule has 2 aromatic rings. The number of carboxylic acid groups (broad SMARTS) is 2. The summed E-state index contributed by atoms with van der Waals surface area (Å²) in [6.07, 6.45) is 3.13. The molecular weight excluding hydrogens is 468 g/mol. The molecule has 7 nitrogen and oxygen atoms in total. The van der Waals surface area contributed by atoms with Gasteiger partial charge in [-0.25, -0.2) is 4.79 Å². The van der Waals surface area contributed by atoms with E-state index in [9.17, 15) is 19.8 Å². The van der Waals surface area contributed by atoms with Crippen molar-refractivity contribution < 1.29 is 24.5 Å². The van der Waals surface area contributed by atoms with Gasteiger partial charge in [-0.3, -0.25) is 4.79 Å². The zero-order chi connectivity index (χ0) is 27.4. The van der Waals surface area contributed by atoms with E-state index in [1.54, 1.807) is 6.08 Å². The lowest BCUT2D eigenvalue weighted by atomic mass is 9.81. The molecule has 0 aliphatic heterocycles. The van der Waals surface area contributed by atoms with Gasteiger partial charge in [0.2, 0.25) is 0 Å². The molecule has 0 radical (unpaired) electrons. The number of rotatable bonds is 9. The number of hydrogen-bond donors (Lipinski definition) is 4. The highest BCUT2D eigenvalue weighted by atomic mass is 16.5. The molecule has 198 valence electrons. The third-order valence-electron chi connectivity index (χ3n) is 6.25. The van der Waals surface area contributed by atoms with Gasteiger partial charge in [0.25, 0.3) is 0 Å². The van der Waals surface area contributed by atoms with Gasteiger partial charge in [-0.05, 0) is 73.7 Å². The summed E-state index contributed by atoms with van der Waals surface area (Å²) in [6, 6.07) is 15.5. The van der Waals surface area contributed by atoms with Crippen LogP contribution in [0.2, 0.25) is 0 Å². The van der Waals surface area contributed by atoms with Crippen molar-refractivity contribution in [1.82, 2.24) is 5.32 Å². The van der Waals surface area contributed by atoms with E-state index in [1.165, 1.54) is 11.6 Å². The van der Waals surface area contributed by atoms with Crippen LogP contribution in [0.15, 0.2) is 71.8 Å². The van der Waals surface area contributed by atoms with Gasteiger partial charge in [-0.2, -0.15) is 0 Å². The van der Waals surface area contributed by atoms with Crippen LogP contribution < -0.4 is 15.4 Å². The summed E-state index contributed by atoms with van der Waals surface area (Å²) >= 11 is 0. The van der Waals surface area contributed by atoms with E-state index >= 15 is 0 Å². The highest BCUT2D eigenvalue weighted by molar-refractivity contribution is 5.94. The van der Waals surface area contributed by atoms with Crippen molar-refractivity contribution in [3.05, 3.63) is 77.4 Å². The van der Waals surface area contributed by atoms with Crippen molar-refractivity contribution in [1.29, 1.82) is 0 Å². The minimum Gasteiger partial charge on any atom is -0.481 e. The molecule has 0 spiro atoms. The van der Waals surface area contributed by atoms with E-state index in [4.69, 9.17) is 4.74 Å². The fourth-order valence-corrected chi connectivity index (χ4v) is 4.09. The van der Waals surface area contributed by atoms with E-state index in [0.717, 1.165) is 11.4 Å². The number of hydrogen-bond acceptors (Lipinski definition) is 5. The van der Waals surface area contributed by atoms with Crippen molar-refractivity contribution in [2.24, 2.45) is 11.8 Å². The van der Waals surface area contributed by atoms with Gasteiger partial charge >= 0.3 is 11.9 Å². The molecule has 0 aromatic heterocycles. The monoisotopic (exact) mass is 506 g/mol. The second-order valence-electron chi connectivity index (χ2n) is 11.5. The fraction of sp³-hybridized carbons (Fsp3) is 0.400. The third-order valence-corrected chi connectivity index (χ3v) is 6.25. The first-order valence-corrected chi connectivity index (χ1v) is 12.5. The molecule has 2 atom stereocenters. The second kappa shape index (κ2) is 11.2. The molecular formula is C30H38N2O5. The average Bonchev–Trinajstić information content (AvgIpc) is 2.81. The number of carbonyl (C=O) groups is 2. The Morgan fingerprint density at radius 2 is 1.43 bits per heavy atom. The fourth-order valence-electron chi connectivity index (χ4n) is 4.09. The molecule has 7 heteroatoms. The maximum Gasteiger partial charge on any atom is 0.335 e. The van der Waals surface area contributed by atoms with Gasteiger partial charge < -0.3 is 25.6 Å². The summed E-state index contributed by atoms with van der Waals surface area (Å²) < 4.78 is 5.96. The summed E-state index contributed by atoms with van der Waals surface area (Å²) in [4.78, 5) is 23.7. The van der Waals surface area contributed by atoms with Crippen LogP contribution in [-0.2, 0) is 15.0 Å². The summed E-state index contributed by atoms with van der Waals surface area (Å²) in [6.45, 7) is 13.2.